The highest BCUT2D eigenvalue weighted by Crippen LogP contribution is 2.40. The van der Waals surface area contributed by atoms with Gasteiger partial charge < -0.3 is 5.11 Å². The van der Waals surface area contributed by atoms with E-state index in [1.807, 2.05) is 0 Å². The van der Waals surface area contributed by atoms with Crippen LogP contribution in [-0.4, -0.2) is 43.4 Å². The molecule has 0 aromatic carbocycles. The van der Waals surface area contributed by atoms with E-state index >= 15 is 0 Å². The molecule has 0 radical (unpaired) electrons. The van der Waals surface area contributed by atoms with Crippen LogP contribution in [0.25, 0.3) is 0 Å². The van der Waals surface area contributed by atoms with E-state index < -0.39 is 42.5 Å². The van der Waals surface area contributed by atoms with E-state index in [1.165, 1.54) is 13.8 Å². The number of hydrogen-bond acceptors (Lipinski definition) is 4. The number of halogens is 6. The Balaban J connectivity index is 2.14. The minimum Gasteiger partial charge on any atom is -0.362 e. The molecule has 1 N–H and O–H groups in total. The van der Waals surface area contributed by atoms with Gasteiger partial charge in [0.2, 0.25) is 5.91 Å². The number of carbonyl (C=O) groups is 1. The van der Waals surface area contributed by atoms with E-state index in [2.05, 4.69) is 10.2 Å². The van der Waals surface area contributed by atoms with Crippen LogP contribution in [0.3, 0.4) is 0 Å². The highest BCUT2D eigenvalue weighted by molar-refractivity contribution is 5.89. The molecule has 0 aliphatic carbocycles. The Hall–Kier alpha value is -2.11. The zero-order valence-electron chi connectivity index (χ0n) is 13.1. The highest BCUT2D eigenvalue weighted by Gasteiger charge is 2.62. The average molecular weight is 372 g/mol. The fraction of sp³-hybridized carbons (Fsp3) is 0.615. The largest absolute Gasteiger partial charge is 0.438 e. The number of hydrogen-bond donors (Lipinski definition) is 1. The van der Waals surface area contributed by atoms with Crippen LogP contribution in [0.5, 0.6) is 0 Å². The number of aryl methyl sites for hydroxylation is 2. The van der Waals surface area contributed by atoms with Crippen molar-refractivity contribution in [1.29, 1.82) is 0 Å². The second-order valence-corrected chi connectivity index (χ2v) is 5.67. The highest BCUT2D eigenvalue weighted by atomic mass is 19.4. The van der Waals surface area contributed by atoms with Crippen molar-refractivity contribution in [2.75, 3.05) is 0 Å². The van der Waals surface area contributed by atoms with Crippen molar-refractivity contribution < 1.29 is 36.2 Å². The van der Waals surface area contributed by atoms with Crippen LogP contribution in [0.2, 0.25) is 0 Å². The van der Waals surface area contributed by atoms with E-state index in [9.17, 15) is 36.2 Å². The van der Waals surface area contributed by atoms with Crippen LogP contribution in [0.4, 0.5) is 26.3 Å². The van der Waals surface area contributed by atoms with Crippen LogP contribution in [-0.2, 0) is 17.5 Å². The van der Waals surface area contributed by atoms with Gasteiger partial charge >= 0.3 is 12.4 Å². The van der Waals surface area contributed by atoms with Gasteiger partial charge in [-0.3, -0.25) is 9.48 Å². The number of rotatable bonds is 3. The summed E-state index contributed by atoms with van der Waals surface area (Å²) < 4.78 is 77.7. The van der Waals surface area contributed by atoms with Crippen molar-refractivity contribution in [3.63, 3.8) is 0 Å². The first-order valence-corrected chi connectivity index (χ1v) is 7.03. The van der Waals surface area contributed by atoms with Gasteiger partial charge in [0.15, 0.2) is 5.69 Å². The molecular formula is C13H14F6N4O2. The van der Waals surface area contributed by atoms with Gasteiger partial charge in [-0.15, -0.1) is 0 Å². The third-order valence-corrected chi connectivity index (χ3v) is 3.62. The van der Waals surface area contributed by atoms with E-state index in [0.717, 1.165) is 10.7 Å². The third-order valence-electron chi connectivity index (χ3n) is 3.62. The maximum atomic E-state index is 13.0. The number of aromatic nitrogens is 2. The molecule has 1 aromatic heterocycles. The molecule has 0 saturated carbocycles. The Kier molecular flexibility index (Phi) is 4.61. The standard InChI is InChI=1S/C13H14F6N4O2/c1-7-6-11(25,13(17,18)19)23(20-7)10(24)3-4-22-8(2)5-9(21-22)12(14,15)16/h5,25H,3-4,6H2,1-2H3/t11-/m1/s1. The van der Waals surface area contributed by atoms with Crippen molar-refractivity contribution in [3.8, 4) is 0 Å². The molecule has 0 unspecified atom stereocenters. The monoisotopic (exact) mass is 372 g/mol. The summed E-state index contributed by atoms with van der Waals surface area (Å²) in [5.74, 6) is -1.18. The lowest BCUT2D eigenvalue weighted by Gasteiger charge is -2.32. The Labute approximate surface area is 137 Å². The zero-order valence-corrected chi connectivity index (χ0v) is 13.1. The van der Waals surface area contributed by atoms with Crippen LogP contribution >= 0.6 is 0 Å². The van der Waals surface area contributed by atoms with E-state index in [1.54, 1.807) is 0 Å². The third kappa shape index (κ3) is 3.62. The first-order valence-electron chi connectivity index (χ1n) is 7.03. The first kappa shape index (κ1) is 19.2. The van der Waals surface area contributed by atoms with Crippen LogP contribution in [0.15, 0.2) is 11.2 Å². The fourth-order valence-corrected chi connectivity index (χ4v) is 2.39. The van der Waals surface area contributed by atoms with Gasteiger partial charge in [0.25, 0.3) is 5.72 Å². The van der Waals surface area contributed by atoms with Crippen molar-refractivity contribution in [1.82, 2.24) is 14.8 Å². The molecule has 0 fully saturated rings. The van der Waals surface area contributed by atoms with Gasteiger partial charge in [-0.05, 0) is 19.9 Å². The second-order valence-electron chi connectivity index (χ2n) is 5.67. The maximum Gasteiger partial charge on any atom is 0.438 e. The predicted molar refractivity (Wildman–Crippen MR) is 72.2 cm³/mol. The Bertz CT molecular complexity index is 708. The van der Waals surface area contributed by atoms with E-state index in [-0.39, 0.29) is 23.0 Å². The molecule has 1 amide bonds. The summed E-state index contributed by atoms with van der Waals surface area (Å²) in [6, 6.07) is 0.759. The Morgan fingerprint density at radius 2 is 1.88 bits per heavy atom. The molecular weight excluding hydrogens is 358 g/mol. The van der Waals surface area contributed by atoms with Crippen LogP contribution in [0, 0.1) is 6.92 Å². The number of alkyl halides is 6. The van der Waals surface area contributed by atoms with Gasteiger partial charge in [-0.1, -0.05) is 0 Å². The van der Waals surface area contributed by atoms with Gasteiger partial charge in [0.1, 0.15) is 0 Å². The molecule has 0 saturated heterocycles. The Morgan fingerprint density at radius 1 is 1.28 bits per heavy atom. The molecule has 2 rings (SSSR count). The van der Waals surface area contributed by atoms with Gasteiger partial charge in [-0.2, -0.15) is 41.6 Å². The molecule has 1 aromatic rings. The van der Waals surface area contributed by atoms with Gasteiger partial charge in [0, 0.05) is 24.2 Å². The molecule has 140 valence electrons. The minimum absolute atomic E-state index is 0.0637. The van der Waals surface area contributed by atoms with Gasteiger partial charge in [0.05, 0.1) is 6.54 Å². The van der Waals surface area contributed by atoms with Crippen LogP contribution in [0.1, 0.15) is 31.2 Å². The molecule has 1 atom stereocenters. The number of hydrazone groups is 1. The van der Waals surface area contributed by atoms with E-state index in [4.69, 9.17) is 0 Å². The lowest BCUT2D eigenvalue weighted by Crippen LogP contribution is -2.56. The minimum atomic E-state index is -5.13. The predicted octanol–water partition coefficient (Wildman–Crippen LogP) is 2.46. The molecule has 25 heavy (non-hydrogen) atoms. The van der Waals surface area contributed by atoms with Crippen molar-refractivity contribution >= 4 is 11.6 Å². The number of carbonyl (C=O) groups excluding carboxylic acids is 1. The number of nitrogens with zero attached hydrogens (tertiary/aromatic N) is 4. The number of aliphatic hydroxyl groups is 1. The first-order chi connectivity index (χ1) is 11.3. The lowest BCUT2D eigenvalue weighted by atomic mass is 10.1. The summed E-state index contributed by atoms with van der Waals surface area (Å²) in [6.07, 6.45) is -11.3. The SMILES string of the molecule is CC1=NN(C(=O)CCn2nc(C(F)(F)F)cc2C)[C@](O)(C(F)(F)F)C1. The molecule has 12 heteroatoms. The molecule has 2 heterocycles. The van der Waals surface area contributed by atoms with Crippen molar-refractivity contribution in [3.05, 3.63) is 17.5 Å². The van der Waals surface area contributed by atoms with Crippen molar-refractivity contribution in [2.45, 2.75) is 51.3 Å². The van der Waals surface area contributed by atoms with Gasteiger partial charge in [-0.25, -0.2) is 0 Å². The second kappa shape index (κ2) is 6.00. The molecule has 1 aliphatic rings. The topological polar surface area (TPSA) is 70.7 Å². The average Bonchev–Trinajstić information content (AvgIpc) is 2.96. The van der Waals surface area contributed by atoms with Crippen LogP contribution < -0.4 is 0 Å². The molecule has 1 aliphatic heterocycles. The summed E-state index contributed by atoms with van der Waals surface area (Å²) in [5, 5.41) is 16.4. The summed E-state index contributed by atoms with van der Waals surface area (Å²) in [6.45, 7) is 2.15. The summed E-state index contributed by atoms with van der Waals surface area (Å²) in [7, 11) is 0. The van der Waals surface area contributed by atoms with E-state index in [0.29, 0.717) is 0 Å². The fourth-order valence-electron chi connectivity index (χ4n) is 2.39. The zero-order chi connectivity index (χ0) is 19.2. The maximum absolute atomic E-state index is 13.0. The summed E-state index contributed by atoms with van der Waals surface area (Å²) >= 11 is 0. The molecule has 0 spiro atoms. The smallest absolute Gasteiger partial charge is 0.362 e. The quantitative estimate of drug-likeness (QED) is 0.829. The summed E-state index contributed by atoms with van der Waals surface area (Å²) in [4.78, 5) is 12.0. The molecule has 6 nitrogen and oxygen atoms in total. The van der Waals surface area contributed by atoms with Crippen molar-refractivity contribution in [2.24, 2.45) is 5.10 Å². The normalized spacial score (nSPS) is 21.6. The Morgan fingerprint density at radius 3 is 2.36 bits per heavy atom. The molecule has 0 bridgehead atoms. The number of amides is 1. The lowest BCUT2D eigenvalue weighted by molar-refractivity contribution is -0.302. The summed E-state index contributed by atoms with van der Waals surface area (Å²) in [5.41, 5.74) is -4.63.